The van der Waals surface area contributed by atoms with Gasteiger partial charge in [-0.05, 0) is 16.0 Å². The van der Waals surface area contributed by atoms with Gasteiger partial charge in [0.1, 0.15) is 29.4 Å². The smallest absolute Gasteiger partial charge is 0.352 e. The average Bonchev–Trinajstić information content (AvgIpc) is 3.51. The lowest BCUT2D eigenvalue weighted by atomic mass is 10.0. The van der Waals surface area contributed by atoms with Crippen molar-refractivity contribution in [3.63, 3.8) is 0 Å². The minimum atomic E-state index is -1.24. The van der Waals surface area contributed by atoms with Gasteiger partial charge in [-0.25, -0.2) is 14.5 Å². The summed E-state index contributed by atoms with van der Waals surface area (Å²) in [5.41, 5.74) is 17.1. The van der Waals surface area contributed by atoms with E-state index >= 15 is 0 Å². The zero-order valence-electron chi connectivity index (χ0n) is 19.1. The highest BCUT2D eigenvalue weighted by molar-refractivity contribution is 8.01. The molecule has 2 aromatic heterocycles. The molecule has 0 bridgehead atoms. The Morgan fingerprint density at radius 2 is 2.16 bits per heavy atom. The number of hydrogen-bond donors (Lipinski definition) is 5. The van der Waals surface area contributed by atoms with Gasteiger partial charge in [0.15, 0.2) is 10.8 Å². The van der Waals surface area contributed by atoms with Gasteiger partial charge in [-0.15, -0.1) is 28.2 Å². The lowest BCUT2D eigenvalue weighted by molar-refractivity contribution is -0.150. The van der Waals surface area contributed by atoms with E-state index in [0.29, 0.717) is 29.6 Å². The van der Waals surface area contributed by atoms with Crippen LogP contribution in [0.3, 0.4) is 0 Å². The van der Waals surface area contributed by atoms with Gasteiger partial charge in [0, 0.05) is 30.0 Å². The third-order valence-electron chi connectivity index (χ3n) is 5.10. The highest BCUT2D eigenvalue weighted by atomic mass is 32.2. The van der Waals surface area contributed by atoms with E-state index in [-0.39, 0.29) is 41.1 Å². The number of carbonyl (C=O) groups is 3. The summed E-state index contributed by atoms with van der Waals surface area (Å²) >= 11 is 3.70. The number of carboxylic acid groups (broad SMARTS) is 1. The third kappa shape index (κ3) is 5.69. The topological polar surface area (TPSA) is 243 Å². The number of β-lactam (4-membered cyclic amide) rings is 1. The molecule has 16 nitrogen and oxygen atoms in total. The number of rotatable bonds is 12. The molecule has 2 aromatic rings. The Morgan fingerprint density at radius 3 is 2.84 bits per heavy atom. The van der Waals surface area contributed by atoms with E-state index in [1.807, 2.05) is 0 Å². The van der Waals surface area contributed by atoms with Crippen LogP contribution in [-0.4, -0.2) is 101 Å². The number of aliphatic carboxylic acids is 1. The first-order chi connectivity index (χ1) is 17.8. The van der Waals surface area contributed by atoms with E-state index < -0.39 is 29.2 Å². The summed E-state index contributed by atoms with van der Waals surface area (Å²) in [6, 6.07) is -0.964. The molecular weight excluding hydrogens is 546 g/mol. The summed E-state index contributed by atoms with van der Waals surface area (Å²) in [4.78, 5) is 48.4. The Balaban J connectivity index is 1.48. The summed E-state index contributed by atoms with van der Waals surface area (Å²) in [6.45, 7) is 1.01. The van der Waals surface area contributed by atoms with Crippen LogP contribution < -0.4 is 22.5 Å². The first-order valence-corrected chi connectivity index (χ1v) is 13.7. The molecule has 0 saturated carbocycles. The van der Waals surface area contributed by atoms with Gasteiger partial charge < -0.3 is 32.5 Å². The minimum Gasteiger partial charge on any atom is -0.477 e. The molecule has 37 heavy (non-hydrogen) atoms. The summed E-state index contributed by atoms with van der Waals surface area (Å²) in [6.07, 6.45) is 0. The normalized spacial score (nSPS) is 19.5. The molecule has 1 fully saturated rings. The van der Waals surface area contributed by atoms with E-state index in [9.17, 15) is 19.5 Å². The largest absolute Gasteiger partial charge is 0.477 e. The third-order valence-corrected chi connectivity index (χ3v) is 8.15. The molecule has 1 saturated heterocycles. The van der Waals surface area contributed by atoms with Crippen molar-refractivity contribution in [1.82, 2.24) is 35.4 Å². The molecule has 2 aliphatic heterocycles. The summed E-state index contributed by atoms with van der Waals surface area (Å²) < 4.78 is 1.52. The van der Waals surface area contributed by atoms with Gasteiger partial charge in [-0.2, -0.15) is 0 Å². The lowest BCUT2D eigenvalue weighted by Crippen LogP contribution is -2.71. The van der Waals surface area contributed by atoms with Gasteiger partial charge in [0.05, 0.1) is 6.54 Å². The monoisotopic (exact) mass is 569 g/mol. The number of carboxylic acids is 1. The molecule has 2 atom stereocenters. The second kappa shape index (κ2) is 11.9. The molecule has 4 rings (SSSR count). The van der Waals surface area contributed by atoms with Crippen LogP contribution in [-0.2, 0) is 25.8 Å². The number of fused-ring (bicyclic) bond motifs is 1. The SMILES string of the molecule is NCCON=C(C(=O)NC1C(=O)N2C(C(=O)O)=C(CSc3nnnn3CCN)CS[C@H]12)c1csc(N)n1. The van der Waals surface area contributed by atoms with Gasteiger partial charge in [-0.3, -0.25) is 14.5 Å². The van der Waals surface area contributed by atoms with Crippen LogP contribution in [0, 0.1) is 0 Å². The number of oxime groups is 1. The molecule has 2 amide bonds. The van der Waals surface area contributed by atoms with Crippen LogP contribution in [0.2, 0.25) is 0 Å². The van der Waals surface area contributed by atoms with Crippen molar-refractivity contribution in [3.8, 4) is 0 Å². The Labute approximate surface area is 222 Å². The van der Waals surface area contributed by atoms with E-state index in [2.05, 4.69) is 31.0 Å². The Hall–Kier alpha value is -3.26. The fraction of sp³-hybridized carbons (Fsp3) is 0.444. The number of carbonyl (C=O) groups excluding carboxylic acids is 2. The van der Waals surface area contributed by atoms with Crippen LogP contribution in [0.15, 0.2) is 27.0 Å². The predicted molar refractivity (Wildman–Crippen MR) is 135 cm³/mol. The first-order valence-electron chi connectivity index (χ1n) is 10.8. The molecule has 0 aromatic carbocycles. The minimum absolute atomic E-state index is 0.0666. The summed E-state index contributed by atoms with van der Waals surface area (Å²) in [5, 5.41) is 29.3. The number of nitrogens with zero attached hydrogens (tertiary/aromatic N) is 7. The summed E-state index contributed by atoms with van der Waals surface area (Å²) in [5.74, 6) is -1.92. The number of amides is 2. The molecule has 2 aliphatic rings. The van der Waals surface area contributed by atoms with Crippen molar-refractivity contribution in [2.45, 2.75) is 23.1 Å². The van der Waals surface area contributed by atoms with Crippen molar-refractivity contribution in [1.29, 1.82) is 0 Å². The molecule has 0 aliphatic carbocycles. The van der Waals surface area contributed by atoms with E-state index in [1.54, 1.807) is 0 Å². The molecular formula is C18H23N11O5S3. The summed E-state index contributed by atoms with van der Waals surface area (Å²) in [7, 11) is 0. The molecule has 4 heterocycles. The maximum Gasteiger partial charge on any atom is 0.352 e. The van der Waals surface area contributed by atoms with Crippen LogP contribution in [0.1, 0.15) is 5.69 Å². The quantitative estimate of drug-likeness (QED) is 0.0603. The number of thioether (sulfide) groups is 2. The second-order valence-electron chi connectivity index (χ2n) is 7.51. The Morgan fingerprint density at radius 1 is 1.35 bits per heavy atom. The maximum absolute atomic E-state index is 13.0. The van der Waals surface area contributed by atoms with Crippen LogP contribution >= 0.6 is 34.9 Å². The Kier molecular flexibility index (Phi) is 8.59. The van der Waals surface area contributed by atoms with E-state index in [0.717, 1.165) is 11.3 Å². The fourth-order valence-corrected chi connectivity index (χ4v) is 6.42. The van der Waals surface area contributed by atoms with Crippen LogP contribution in [0.25, 0.3) is 0 Å². The number of nitrogen functional groups attached to an aromatic ring is 1. The zero-order chi connectivity index (χ0) is 26.5. The molecule has 8 N–H and O–H groups in total. The van der Waals surface area contributed by atoms with Crippen molar-refractivity contribution in [3.05, 3.63) is 22.3 Å². The number of thiazole rings is 1. The van der Waals surface area contributed by atoms with Crippen molar-refractivity contribution < 1.29 is 24.3 Å². The first kappa shape index (κ1) is 26.8. The zero-order valence-corrected chi connectivity index (χ0v) is 21.6. The maximum atomic E-state index is 13.0. The van der Waals surface area contributed by atoms with Crippen molar-refractivity contribution in [2.24, 2.45) is 16.6 Å². The van der Waals surface area contributed by atoms with Gasteiger partial charge in [0.25, 0.3) is 11.8 Å². The molecule has 1 unspecified atom stereocenters. The number of tetrazole rings is 1. The standard InChI is InChI=1S/C18H23N11O5S3/c19-1-3-28-18(24-26-27-28)37-6-8-5-35-15-11(14(31)29(15)12(8)16(32)33)23-13(30)10(25-34-4-2-20)9-7-36-17(21)22-9/h7,11,15H,1-6,19-20H2,(H2,21,22)(H,23,30)(H,32,33)/t11?,15-/m1/s1. The van der Waals surface area contributed by atoms with Gasteiger partial charge in [0.2, 0.25) is 5.16 Å². The van der Waals surface area contributed by atoms with Crippen molar-refractivity contribution >= 4 is 63.5 Å². The average molecular weight is 570 g/mol. The fourth-order valence-electron chi connectivity index (χ4n) is 3.48. The number of aromatic nitrogens is 5. The Bertz CT molecular complexity index is 1250. The van der Waals surface area contributed by atoms with Crippen LogP contribution in [0.4, 0.5) is 5.13 Å². The highest BCUT2D eigenvalue weighted by Gasteiger charge is 2.54. The molecule has 19 heteroatoms. The van der Waals surface area contributed by atoms with Gasteiger partial charge in [-0.1, -0.05) is 16.9 Å². The van der Waals surface area contributed by atoms with E-state index in [1.165, 1.54) is 38.5 Å². The molecule has 198 valence electrons. The van der Waals surface area contributed by atoms with Crippen molar-refractivity contribution in [2.75, 3.05) is 36.9 Å². The number of nitrogens with one attached hydrogen (secondary N) is 1. The van der Waals surface area contributed by atoms with Gasteiger partial charge >= 0.3 is 5.97 Å². The second-order valence-corrected chi connectivity index (χ2v) is 10.5. The molecule has 0 radical (unpaired) electrons. The number of nitrogens with two attached hydrogens (primary N) is 3. The van der Waals surface area contributed by atoms with E-state index in [4.69, 9.17) is 22.0 Å². The molecule has 0 spiro atoms. The lowest BCUT2D eigenvalue weighted by Gasteiger charge is -2.49. The van der Waals surface area contributed by atoms with Crippen LogP contribution in [0.5, 0.6) is 0 Å². The number of hydrogen-bond acceptors (Lipinski definition) is 15. The highest BCUT2D eigenvalue weighted by Crippen LogP contribution is 2.41. The number of anilines is 1. The predicted octanol–water partition coefficient (Wildman–Crippen LogP) is -2.12.